The quantitative estimate of drug-likeness (QED) is 0.541. The van der Waals surface area contributed by atoms with Crippen molar-refractivity contribution in [1.82, 2.24) is 20.2 Å². The van der Waals surface area contributed by atoms with E-state index in [1.54, 1.807) is 18.5 Å². The number of benzene rings is 2. The maximum atomic E-state index is 13.8. The maximum Gasteiger partial charge on any atom is 0.254 e. The summed E-state index contributed by atoms with van der Waals surface area (Å²) in [7, 11) is 0. The fourth-order valence-corrected chi connectivity index (χ4v) is 5.43. The number of piperidine rings is 1. The van der Waals surface area contributed by atoms with Crippen LogP contribution in [-0.4, -0.2) is 52.1 Å². The molecule has 0 unspecified atom stereocenters. The number of aromatic nitrogens is 2. The number of amides is 1. The summed E-state index contributed by atoms with van der Waals surface area (Å²) in [6.07, 6.45) is 6.96. The summed E-state index contributed by atoms with van der Waals surface area (Å²) in [6, 6.07) is 19.9. The van der Waals surface area contributed by atoms with Crippen molar-refractivity contribution in [3.8, 4) is 0 Å². The number of anilines is 2. The van der Waals surface area contributed by atoms with E-state index in [0.29, 0.717) is 18.1 Å². The summed E-state index contributed by atoms with van der Waals surface area (Å²) in [5.41, 5.74) is 2.45. The molecule has 5 rings (SSSR count). The maximum absolute atomic E-state index is 13.8. The van der Waals surface area contributed by atoms with Crippen LogP contribution in [0.15, 0.2) is 73.1 Å². The molecule has 0 saturated carbocycles. The molecule has 2 aliphatic rings. The van der Waals surface area contributed by atoms with E-state index in [0.717, 1.165) is 44.5 Å². The zero-order valence-electron chi connectivity index (χ0n) is 20.2. The Hall–Kier alpha value is -3.29. The fourth-order valence-electron chi connectivity index (χ4n) is 5.43. The Bertz CT molecular complexity index is 1120. The van der Waals surface area contributed by atoms with Crippen LogP contribution >= 0.6 is 0 Å². The molecule has 182 valence electrons. The van der Waals surface area contributed by atoms with Gasteiger partial charge in [-0.2, -0.15) is 0 Å². The van der Waals surface area contributed by atoms with Crippen LogP contribution < -0.4 is 10.6 Å². The molecule has 0 radical (unpaired) electrons. The summed E-state index contributed by atoms with van der Waals surface area (Å²) < 4.78 is 6.79. The highest BCUT2D eigenvalue weighted by Gasteiger charge is 2.45. The predicted octanol–water partition coefficient (Wildman–Crippen LogP) is 4.72. The van der Waals surface area contributed by atoms with Gasteiger partial charge in [0.2, 0.25) is 5.95 Å². The first-order valence-corrected chi connectivity index (χ1v) is 12.5. The molecule has 2 N–H and O–H groups in total. The van der Waals surface area contributed by atoms with E-state index in [9.17, 15) is 4.79 Å². The average Bonchev–Trinajstić information content (AvgIpc) is 2.90. The molecule has 7 heteroatoms. The first kappa shape index (κ1) is 23.5. The lowest BCUT2D eigenvalue weighted by Gasteiger charge is -2.49. The highest BCUT2D eigenvalue weighted by molar-refractivity contribution is 5.95. The molecular formula is C28H33N5O2. The molecule has 1 amide bonds. The Morgan fingerprint density at radius 2 is 1.86 bits per heavy atom. The third-order valence-electron chi connectivity index (χ3n) is 7.15. The average molecular weight is 472 g/mol. The summed E-state index contributed by atoms with van der Waals surface area (Å²) in [5, 5.41) is 6.66. The number of nitrogens with zero attached hydrogens (tertiary/aromatic N) is 3. The number of carbonyl (C=O) groups excluding carboxylic acids is 1. The topological polar surface area (TPSA) is 79.4 Å². The number of nitrogens with one attached hydrogen (secondary N) is 2. The van der Waals surface area contributed by atoms with Crippen LogP contribution in [0, 0.1) is 0 Å². The molecular weight excluding hydrogens is 438 g/mol. The third kappa shape index (κ3) is 5.36. The minimum atomic E-state index is -0.198. The van der Waals surface area contributed by atoms with Crippen molar-refractivity contribution in [1.29, 1.82) is 0 Å². The van der Waals surface area contributed by atoms with Crippen LogP contribution in [0.5, 0.6) is 0 Å². The van der Waals surface area contributed by atoms with Crippen molar-refractivity contribution in [2.75, 3.05) is 25.0 Å². The number of carbonyl (C=O) groups is 1. The number of hydrogen-bond donors (Lipinski definition) is 2. The Morgan fingerprint density at radius 1 is 1.09 bits per heavy atom. The van der Waals surface area contributed by atoms with Crippen LogP contribution in [0.2, 0.25) is 0 Å². The molecule has 1 spiro atoms. The fraction of sp³-hybridized carbons (Fsp3) is 0.393. The van der Waals surface area contributed by atoms with Crippen LogP contribution in [-0.2, 0) is 4.74 Å². The van der Waals surface area contributed by atoms with E-state index in [2.05, 4.69) is 51.8 Å². The van der Waals surface area contributed by atoms with Crippen LogP contribution in [0.4, 0.5) is 11.6 Å². The second kappa shape index (κ2) is 10.5. The molecule has 1 aromatic heterocycles. The van der Waals surface area contributed by atoms with Gasteiger partial charge in [0.1, 0.15) is 0 Å². The van der Waals surface area contributed by atoms with E-state index in [4.69, 9.17) is 4.74 Å². The first-order valence-electron chi connectivity index (χ1n) is 12.5. The second-order valence-corrected chi connectivity index (χ2v) is 9.41. The summed E-state index contributed by atoms with van der Waals surface area (Å²) in [5.74, 6) is 0.556. The highest BCUT2D eigenvalue weighted by atomic mass is 16.5. The minimum absolute atomic E-state index is 0.0156. The largest absolute Gasteiger partial charge is 0.367 e. The van der Waals surface area contributed by atoms with Gasteiger partial charge in [-0.25, -0.2) is 9.97 Å². The third-order valence-corrected chi connectivity index (χ3v) is 7.15. The standard InChI is InChI=1S/C28H33N5O2/c1-2-33(26(34)22-10-6-11-23(18-22)32-27-30-14-7-15-31-27)24-19-25(21-8-4-3-5-9-21)35-28(20-24)12-16-29-17-13-28/h3-11,14-15,18,24-25,29H,2,12-13,16-17,19-20H2,1H3,(H,30,31,32)/t24-,25+/m0/s1. The Balaban J connectivity index is 1.39. The van der Waals surface area contributed by atoms with Gasteiger partial charge >= 0.3 is 0 Å². The molecule has 2 saturated heterocycles. The molecule has 3 aromatic rings. The van der Waals surface area contributed by atoms with Gasteiger partial charge < -0.3 is 20.3 Å². The normalized spacial score (nSPS) is 21.4. The highest BCUT2D eigenvalue weighted by Crippen LogP contribution is 2.43. The molecule has 2 aliphatic heterocycles. The monoisotopic (exact) mass is 471 g/mol. The van der Waals surface area contributed by atoms with E-state index < -0.39 is 0 Å². The molecule has 7 nitrogen and oxygen atoms in total. The predicted molar refractivity (Wildman–Crippen MR) is 137 cm³/mol. The van der Waals surface area contributed by atoms with Crippen LogP contribution in [0.25, 0.3) is 0 Å². The van der Waals surface area contributed by atoms with Gasteiger partial charge in [0.15, 0.2) is 0 Å². The minimum Gasteiger partial charge on any atom is -0.367 e. The molecule has 2 aromatic carbocycles. The van der Waals surface area contributed by atoms with Crippen molar-refractivity contribution in [2.45, 2.75) is 50.4 Å². The summed E-state index contributed by atoms with van der Waals surface area (Å²) >= 11 is 0. The SMILES string of the molecule is CCN(C(=O)c1cccc(Nc2ncccn2)c1)[C@H]1C[C@H](c2ccccc2)OC2(CCNCC2)C1. The number of hydrogen-bond acceptors (Lipinski definition) is 6. The Labute approximate surface area is 206 Å². The zero-order valence-corrected chi connectivity index (χ0v) is 20.2. The van der Waals surface area contributed by atoms with Crippen LogP contribution in [0.3, 0.4) is 0 Å². The van der Waals surface area contributed by atoms with Gasteiger partial charge in [0.05, 0.1) is 11.7 Å². The number of rotatable bonds is 6. The molecule has 2 fully saturated rings. The summed E-state index contributed by atoms with van der Waals surface area (Å²) in [6.45, 7) is 4.62. The van der Waals surface area contributed by atoms with Crippen molar-refractivity contribution in [3.05, 3.63) is 84.2 Å². The van der Waals surface area contributed by atoms with Gasteiger partial charge in [-0.15, -0.1) is 0 Å². The Morgan fingerprint density at radius 3 is 2.60 bits per heavy atom. The smallest absolute Gasteiger partial charge is 0.254 e. The van der Waals surface area contributed by atoms with E-state index in [1.165, 1.54) is 5.56 Å². The van der Waals surface area contributed by atoms with Gasteiger partial charge in [-0.1, -0.05) is 36.4 Å². The van der Waals surface area contributed by atoms with Crippen molar-refractivity contribution >= 4 is 17.5 Å². The van der Waals surface area contributed by atoms with Crippen LogP contribution in [0.1, 0.15) is 54.6 Å². The van der Waals surface area contributed by atoms with Gasteiger partial charge in [0, 0.05) is 36.2 Å². The molecule has 0 bridgehead atoms. The molecule has 0 aliphatic carbocycles. The summed E-state index contributed by atoms with van der Waals surface area (Å²) in [4.78, 5) is 24.3. The molecule has 3 heterocycles. The zero-order chi connectivity index (χ0) is 24.1. The van der Waals surface area contributed by atoms with Gasteiger partial charge in [-0.3, -0.25) is 4.79 Å². The van der Waals surface area contributed by atoms with Gasteiger partial charge in [-0.05, 0) is 75.5 Å². The van der Waals surface area contributed by atoms with E-state index in [-0.39, 0.29) is 23.7 Å². The number of ether oxygens (including phenoxy) is 1. The van der Waals surface area contributed by atoms with Crippen molar-refractivity contribution in [3.63, 3.8) is 0 Å². The van der Waals surface area contributed by atoms with E-state index in [1.807, 2.05) is 35.2 Å². The molecule has 35 heavy (non-hydrogen) atoms. The van der Waals surface area contributed by atoms with Crippen molar-refractivity contribution in [2.24, 2.45) is 0 Å². The lowest BCUT2D eigenvalue weighted by atomic mass is 9.79. The lowest BCUT2D eigenvalue weighted by Crippen LogP contribution is -2.54. The van der Waals surface area contributed by atoms with Crippen molar-refractivity contribution < 1.29 is 9.53 Å². The second-order valence-electron chi connectivity index (χ2n) is 9.41. The lowest BCUT2D eigenvalue weighted by molar-refractivity contribution is -0.162. The Kier molecular flexibility index (Phi) is 7.06. The van der Waals surface area contributed by atoms with E-state index >= 15 is 0 Å². The van der Waals surface area contributed by atoms with Gasteiger partial charge in [0.25, 0.3) is 5.91 Å². The molecule has 2 atom stereocenters. The first-order chi connectivity index (χ1) is 17.2.